The summed E-state index contributed by atoms with van der Waals surface area (Å²) in [6, 6.07) is 0.542. The van der Waals surface area contributed by atoms with E-state index in [0.717, 1.165) is 26.8 Å². The van der Waals surface area contributed by atoms with Crippen molar-refractivity contribution in [3.8, 4) is 0 Å². The summed E-state index contributed by atoms with van der Waals surface area (Å²) in [6.07, 6.45) is 8.98. The van der Waals surface area contributed by atoms with Gasteiger partial charge in [0.05, 0.1) is 16.4 Å². The molecule has 1 aromatic rings. The molecule has 0 atom stereocenters. The van der Waals surface area contributed by atoms with E-state index in [2.05, 4.69) is 32.5 Å². The molecule has 0 bridgehead atoms. The van der Waals surface area contributed by atoms with Gasteiger partial charge in [0, 0.05) is 11.3 Å². The highest BCUT2D eigenvalue weighted by Gasteiger charge is 2.21. The molecule has 1 aliphatic rings. The number of hydrogen-bond donors (Lipinski definition) is 2. The largest absolute Gasteiger partial charge is 0.397 e. The van der Waals surface area contributed by atoms with Crippen molar-refractivity contribution in [1.29, 1.82) is 0 Å². The smallest absolute Gasteiger partial charge is 0.140 e. The normalized spacial score (nSPS) is 23.9. The van der Waals surface area contributed by atoms with Crippen LogP contribution in [-0.4, -0.2) is 22.5 Å². The number of hydrogen-bond acceptors (Lipinski definition) is 4. The van der Waals surface area contributed by atoms with Gasteiger partial charge >= 0.3 is 0 Å². The van der Waals surface area contributed by atoms with Crippen LogP contribution < -0.4 is 11.1 Å². The number of anilines is 2. The Hall–Kier alpha value is -0.420. The van der Waals surface area contributed by atoms with E-state index in [0.29, 0.717) is 6.04 Å². The quantitative estimate of drug-likeness (QED) is 0.885. The molecular weight excluding hydrogens is 310 g/mol. The molecule has 1 aliphatic carbocycles. The highest BCUT2D eigenvalue weighted by molar-refractivity contribution is 9.10. The Morgan fingerprint density at radius 1 is 1.39 bits per heavy atom. The summed E-state index contributed by atoms with van der Waals surface area (Å²) in [5, 5.41) is 4.38. The van der Waals surface area contributed by atoms with Crippen molar-refractivity contribution in [2.45, 2.75) is 43.9 Å². The standard InChI is InChI=1S/C13H20BrN3S/c1-8-11(15)7-16-13(12(8)14)17-9-3-5-10(18-2)6-4-9/h7,9-10H,3-6,15H2,1-2H3,(H,16,17). The summed E-state index contributed by atoms with van der Waals surface area (Å²) in [5.74, 6) is 0.925. The number of nitrogens with one attached hydrogen (secondary N) is 1. The molecule has 3 nitrogen and oxygen atoms in total. The Bertz CT molecular complexity index is 417. The summed E-state index contributed by atoms with van der Waals surface area (Å²) in [7, 11) is 0. The Morgan fingerprint density at radius 3 is 2.67 bits per heavy atom. The van der Waals surface area contributed by atoms with Crippen molar-refractivity contribution < 1.29 is 0 Å². The molecule has 1 heterocycles. The summed E-state index contributed by atoms with van der Waals surface area (Å²) in [6.45, 7) is 2.01. The van der Waals surface area contributed by atoms with Gasteiger partial charge in [-0.1, -0.05) is 0 Å². The molecule has 100 valence electrons. The lowest BCUT2D eigenvalue weighted by Gasteiger charge is -2.28. The first-order chi connectivity index (χ1) is 8.61. The van der Waals surface area contributed by atoms with Gasteiger partial charge in [-0.05, 0) is 60.4 Å². The average Bonchev–Trinajstić information content (AvgIpc) is 2.40. The lowest BCUT2D eigenvalue weighted by Crippen LogP contribution is -2.27. The van der Waals surface area contributed by atoms with E-state index in [1.807, 2.05) is 18.7 Å². The minimum absolute atomic E-state index is 0.542. The van der Waals surface area contributed by atoms with Gasteiger partial charge in [-0.3, -0.25) is 0 Å². The van der Waals surface area contributed by atoms with Gasteiger partial charge in [-0.15, -0.1) is 0 Å². The number of aromatic nitrogens is 1. The van der Waals surface area contributed by atoms with E-state index >= 15 is 0 Å². The van der Waals surface area contributed by atoms with Crippen molar-refractivity contribution in [2.75, 3.05) is 17.3 Å². The van der Waals surface area contributed by atoms with Crippen LogP contribution in [0.3, 0.4) is 0 Å². The molecule has 1 saturated carbocycles. The van der Waals surface area contributed by atoms with E-state index in [4.69, 9.17) is 5.73 Å². The molecule has 0 spiro atoms. The fourth-order valence-electron chi connectivity index (χ4n) is 2.33. The van der Waals surface area contributed by atoms with Crippen molar-refractivity contribution >= 4 is 39.2 Å². The molecule has 0 aliphatic heterocycles. The van der Waals surface area contributed by atoms with Gasteiger partial charge in [-0.25, -0.2) is 4.98 Å². The van der Waals surface area contributed by atoms with E-state index < -0.39 is 0 Å². The number of nitrogens with zero attached hydrogens (tertiary/aromatic N) is 1. The zero-order valence-corrected chi connectivity index (χ0v) is 13.3. The summed E-state index contributed by atoms with van der Waals surface area (Å²) in [5.41, 5.74) is 7.63. The van der Waals surface area contributed by atoms with Gasteiger partial charge in [0.1, 0.15) is 5.82 Å². The van der Waals surface area contributed by atoms with Crippen LogP contribution in [0.4, 0.5) is 11.5 Å². The van der Waals surface area contributed by atoms with E-state index in [1.165, 1.54) is 25.7 Å². The molecule has 18 heavy (non-hydrogen) atoms. The van der Waals surface area contributed by atoms with E-state index in [9.17, 15) is 0 Å². The fourth-order valence-corrected chi connectivity index (χ4v) is 3.52. The molecule has 3 N–H and O–H groups in total. The van der Waals surface area contributed by atoms with Gasteiger partial charge < -0.3 is 11.1 Å². The molecule has 0 saturated heterocycles. The first-order valence-electron chi connectivity index (χ1n) is 6.31. The van der Waals surface area contributed by atoms with Crippen LogP contribution in [0.25, 0.3) is 0 Å². The first-order valence-corrected chi connectivity index (χ1v) is 8.39. The topological polar surface area (TPSA) is 50.9 Å². The maximum Gasteiger partial charge on any atom is 0.140 e. The fraction of sp³-hybridized carbons (Fsp3) is 0.615. The van der Waals surface area contributed by atoms with Crippen LogP contribution in [0.5, 0.6) is 0 Å². The molecule has 0 aromatic carbocycles. The Kier molecular flexibility index (Phi) is 4.78. The van der Waals surface area contributed by atoms with E-state index in [1.54, 1.807) is 6.20 Å². The minimum atomic E-state index is 0.542. The average molecular weight is 330 g/mol. The Labute approximate surface area is 121 Å². The molecule has 2 rings (SSSR count). The summed E-state index contributed by atoms with van der Waals surface area (Å²) >= 11 is 5.57. The van der Waals surface area contributed by atoms with Crippen molar-refractivity contribution in [1.82, 2.24) is 4.98 Å². The lowest BCUT2D eigenvalue weighted by atomic mass is 9.95. The van der Waals surface area contributed by atoms with Crippen molar-refractivity contribution in [3.05, 3.63) is 16.2 Å². The maximum absolute atomic E-state index is 5.84. The third-order valence-electron chi connectivity index (χ3n) is 3.65. The number of rotatable bonds is 3. The van der Waals surface area contributed by atoms with Gasteiger partial charge in [0.2, 0.25) is 0 Å². The number of thioether (sulfide) groups is 1. The maximum atomic E-state index is 5.84. The lowest BCUT2D eigenvalue weighted by molar-refractivity contribution is 0.472. The highest BCUT2D eigenvalue weighted by Crippen LogP contribution is 2.32. The van der Waals surface area contributed by atoms with Crippen LogP contribution in [-0.2, 0) is 0 Å². The predicted molar refractivity (Wildman–Crippen MR) is 84.3 cm³/mol. The molecule has 0 unspecified atom stereocenters. The van der Waals surface area contributed by atoms with Crippen molar-refractivity contribution in [3.63, 3.8) is 0 Å². The van der Waals surface area contributed by atoms with E-state index in [-0.39, 0.29) is 0 Å². The van der Waals surface area contributed by atoms with Crippen LogP contribution >= 0.6 is 27.7 Å². The summed E-state index contributed by atoms with van der Waals surface area (Å²) in [4.78, 5) is 4.38. The van der Waals surface area contributed by atoms with Crippen LogP contribution in [0, 0.1) is 6.92 Å². The zero-order valence-electron chi connectivity index (χ0n) is 10.9. The molecule has 1 aromatic heterocycles. The third kappa shape index (κ3) is 3.12. The molecule has 5 heteroatoms. The van der Waals surface area contributed by atoms with Gasteiger partial charge in [-0.2, -0.15) is 11.8 Å². The zero-order chi connectivity index (χ0) is 13.1. The molecule has 0 amide bonds. The first kappa shape index (κ1) is 14.0. The number of nitrogens with two attached hydrogens (primary N) is 1. The minimum Gasteiger partial charge on any atom is -0.397 e. The Morgan fingerprint density at radius 2 is 2.06 bits per heavy atom. The summed E-state index contributed by atoms with van der Waals surface area (Å²) < 4.78 is 0.995. The molecule has 0 radical (unpaired) electrons. The second-order valence-corrected chi connectivity index (χ2v) is 6.79. The van der Waals surface area contributed by atoms with Gasteiger partial charge in [0.15, 0.2) is 0 Å². The monoisotopic (exact) mass is 329 g/mol. The second-order valence-electron chi connectivity index (χ2n) is 4.85. The van der Waals surface area contributed by atoms with Crippen molar-refractivity contribution in [2.24, 2.45) is 0 Å². The number of nitrogen functional groups attached to an aromatic ring is 1. The molecule has 1 fully saturated rings. The van der Waals surface area contributed by atoms with Crippen LogP contribution in [0.15, 0.2) is 10.7 Å². The van der Waals surface area contributed by atoms with Crippen LogP contribution in [0.2, 0.25) is 0 Å². The van der Waals surface area contributed by atoms with Crippen LogP contribution in [0.1, 0.15) is 31.2 Å². The molecular formula is C13H20BrN3S. The number of halogens is 1. The van der Waals surface area contributed by atoms with Gasteiger partial charge in [0.25, 0.3) is 0 Å². The Balaban J connectivity index is 2.00. The number of pyridine rings is 1. The third-order valence-corrected chi connectivity index (χ3v) is 5.76. The second kappa shape index (κ2) is 6.15. The highest BCUT2D eigenvalue weighted by atomic mass is 79.9. The predicted octanol–water partition coefficient (Wildman–Crippen LogP) is 3.82. The SMILES string of the molecule is CSC1CCC(Nc2ncc(N)c(C)c2Br)CC1.